The number of nitrogens with zero attached hydrogens (tertiary/aromatic N) is 2. The quantitative estimate of drug-likeness (QED) is 0.0880. The van der Waals surface area contributed by atoms with Gasteiger partial charge in [0.2, 0.25) is 23.6 Å². The fourth-order valence-corrected chi connectivity index (χ4v) is 8.45. The average molecular weight is 942 g/mol. The number of aromatic amines is 2. The number of H-pyrrole nitrogens is 2. The first-order valence-corrected chi connectivity index (χ1v) is 23.5. The van der Waals surface area contributed by atoms with E-state index in [9.17, 15) is 33.6 Å². The van der Waals surface area contributed by atoms with E-state index in [0.29, 0.717) is 38.0 Å². The molecule has 6 rings (SSSR count). The number of primary amides is 1. The van der Waals surface area contributed by atoms with Gasteiger partial charge in [0.1, 0.15) is 24.7 Å². The molecule has 0 aliphatic carbocycles. The summed E-state index contributed by atoms with van der Waals surface area (Å²) >= 11 is 0. The Balaban J connectivity index is 1.34. The number of nitrogens with one attached hydrogen (secondary N) is 7. The van der Waals surface area contributed by atoms with Crippen LogP contribution in [0.4, 0.5) is 4.79 Å². The summed E-state index contributed by atoms with van der Waals surface area (Å²) in [7, 11) is 0. The first-order valence-electron chi connectivity index (χ1n) is 23.5. The molecule has 11 N–H and O–H groups in total. The molecule has 18 nitrogen and oxygen atoms in total. The van der Waals surface area contributed by atoms with Crippen molar-refractivity contribution in [3.63, 3.8) is 0 Å². The molecule has 3 aromatic carbocycles. The van der Waals surface area contributed by atoms with Crippen LogP contribution >= 0.6 is 0 Å². The van der Waals surface area contributed by atoms with Crippen molar-refractivity contribution in [2.24, 2.45) is 17.4 Å². The van der Waals surface area contributed by atoms with Crippen molar-refractivity contribution in [2.75, 3.05) is 32.7 Å². The van der Waals surface area contributed by atoms with Gasteiger partial charge in [-0.15, -0.1) is 0 Å². The fraction of sp³-hybridized carbons (Fsp3) is 0.392. The van der Waals surface area contributed by atoms with E-state index in [-0.39, 0.29) is 38.6 Å². The molecule has 364 valence electrons. The Morgan fingerprint density at radius 2 is 1.35 bits per heavy atom. The van der Waals surface area contributed by atoms with E-state index in [0.717, 1.165) is 44.4 Å². The minimum atomic E-state index is -1.28. The number of carbonyl (C=O) groups excluding carboxylic acids is 7. The Bertz CT molecular complexity index is 2650. The third kappa shape index (κ3) is 14.5. The first kappa shape index (κ1) is 50.9. The summed E-state index contributed by atoms with van der Waals surface area (Å²) in [5.41, 5.74) is 17.8. The maximum absolute atomic E-state index is 14.7. The van der Waals surface area contributed by atoms with E-state index >= 15 is 0 Å². The van der Waals surface area contributed by atoms with Crippen molar-refractivity contribution >= 4 is 63.2 Å². The molecule has 0 saturated carbocycles. The Kier molecular flexibility index (Phi) is 18.5. The molecule has 0 radical (unpaired) electrons. The summed E-state index contributed by atoms with van der Waals surface area (Å²) in [5, 5.41) is 13.8. The van der Waals surface area contributed by atoms with E-state index in [2.05, 4.69) is 53.4 Å². The van der Waals surface area contributed by atoms with Gasteiger partial charge in [-0.2, -0.15) is 0 Å². The number of fused-ring (bicyclic) bond motifs is 2. The lowest BCUT2D eigenvalue weighted by molar-refractivity contribution is -0.134. The number of rotatable bonds is 11. The Morgan fingerprint density at radius 1 is 0.725 bits per heavy atom. The zero-order valence-electron chi connectivity index (χ0n) is 39.1. The monoisotopic (exact) mass is 941 g/mol. The molecule has 0 spiro atoms. The Morgan fingerprint density at radius 3 is 1.99 bits per heavy atom. The highest BCUT2D eigenvalue weighted by Crippen LogP contribution is 2.23. The van der Waals surface area contributed by atoms with Gasteiger partial charge in [-0.1, -0.05) is 85.5 Å². The van der Waals surface area contributed by atoms with Crippen LogP contribution in [0.25, 0.3) is 21.8 Å². The van der Waals surface area contributed by atoms with E-state index in [1.165, 1.54) is 6.92 Å². The number of hydrogen-bond acceptors (Lipinski definition) is 9. The largest absolute Gasteiger partial charge is 0.368 e. The van der Waals surface area contributed by atoms with Crippen LogP contribution in [-0.2, 0) is 48.0 Å². The SMILES string of the molecule is CCCN1CC#CCN(NC(=O)CN)C(=O)N[C@H](Cc2c[nH]c3ccccc23)C(=O)N[C@@H](C)C(=O)N[C@@H](Cc2c[nH]c3ccccc23)C(=O)C[C@H](Cc2ccccc2)C(=O)N[C@H](C(N)=O)CCCC1. The van der Waals surface area contributed by atoms with Gasteiger partial charge in [0, 0.05) is 59.4 Å². The summed E-state index contributed by atoms with van der Waals surface area (Å²) in [4.78, 5) is 105. The smallest absolute Gasteiger partial charge is 0.337 e. The van der Waals surface area contributed by atoms with Crippen molar-refractivity contribution < 1.29 is 33.6 Å². The third-order valence-corrected chi connectivity index (χ3v) is 12.2. The molecule has 0 bridgehead atoms. The first-order chi connectivity index (χ1) is 33.3. The highest BCUT2D eigenvalue weighted by atomic mass is 16.2. The molecule has 1 aliphatic rings. The van der Waals surface area contributed by atoms with Gasteiger partial charge in [0.05, 0.1) is 19.1 Å². The number of benzene rings is 3. The van der Waals surface area contributed by atoms with Crippen LogP contribution in [0.5, 0.6) is 0 Å². The van der Waals surface area contributed by atoms with Gasteiger partial charge in [0.25, 0.3) is 5.91 Å². The van der Waals surface area contributed by atoms with Crippen LogP contribution in [0.1, 0.15) is 62.6 Å². The van der Waals surface area contributed by atoms with Crippen LogP contribution in [0.2, 0.25) is 0 Å². The summed E-state index contributed by atoms with van der Waals surface area (Å²) in [6.45, 7) is 4.44. The van der Waals surface area contributed by atoms with E-state index in [1.54, 1.807) is 12.4 Å². The van der Waals surface area contributed by atoms with Crippen molar-refractivity contribution in [3.8, 4) is 11.8 Å². The second-order valence-electron chi connectivity index (χ2n) is 17.4. The van der Waals surface area contributed by atoms with Gasteiger partial charge >= 0.3 is 6.03 Å². The number of hydrogen-bond donors (Lipinski definition) is 9. The number of nitrogens with two attached hydrogens (primary N) is 2. The minimum Gasteiger partial charge on any atom is -0.368 e. The van der Waals surface area contributed by atoms with E-state index in [4.69, 9.17) is 11.5 Å². The number of ketones is 1. The molecule has 18 heteroatoms. The maximum atomic E-state index is 14.7. The zero-order valence-corrected chi connectivity index (χ0v) is 39.1. The summed E-state index contributed by atoms with van der Waals surface area (Å²) in [6.07, 6.45) is 5.64. The molecule has 7 amide bonds. The summed E-state index contributed by atoms with van der Waals surface area (Å²) in [5.74, 6) is 1.30. The fourth-order valence-electron chi connectivity index (χ4n) is 8.45. The Hall–Kier alpha value is -7.49. The van der Waals surface area contributed by atoms with Crippen LogP contribution < -0.4 is 38.2 Å². The molecular weight excluding hydrogens is 879 g/mol. The molecule has 5 atom stereocenters. The van der Waals surface area contributed by atoms with Crippen molar-refractivity contribution in [3.05, 3.63) is 108 Å². The second-order valence-corrected chi connectivity index (χ2v) is 17.4. The van der Waals surface area contributed by atoms with Gasteiger partial charge < -0.3 is 42.7 Å². The topological polar surface area (TPSA) is 270 Å². The molecule has 0 unspecified atom stereocenters. The average Bonchev–Trinajstić information content (AvgIpc) is 3.95. The molecule has 0 fully saturated rings. The molecule has 69 heavy (non-hydrogen) atoms. The lowest BCUT2D eigenvalue weighted by Crippen LogP contribution is -2.59. The number of aromatic nitrogens is 2. The molecule has 0 saturated heterocycles. The third-order valence-electron chi connectivity index (χ3n) is 12.2. The van der Waals surface area contributed by atoms with Crippen LogP contribution in [0.3, 0.4) is 0 Å². The van der Waals surface area contributed by atoms with Crippen molar-refractivity contribution in [1.82, 2.24) is 46.6 Å². The number of para-hydroxylation sites is 2. The maximum Gasteiger partial charge on any atom is 0.337 e. The molecule has 3 heterocycles. The van der Waals surface area contributed by atoms with Gasteiger partial charge in [-0.3, -0.25) is 39.1 Å². The minimum absolute atomic E-state index is 0.0184. The highest BCUT2D eigenvalue weighted by Gasteiger charge is 2.33. The van der Waals surface area contributed by atoms with Gasteiger partial charge in [-0.05, 0) is 80.9 Å². The standard InChI is InChI=1S/C51H63N11O7/c1-3-22-61-23-12-11-21-42(47(53)65)57-49(67)35(26-34-15-5-4-6-16-34)29-45(63)43(27-36-31-54-40-19-9-7-17-38(36)40)58-48(66)33(2)56-50(68)44(28-37-32-55-41-20-10-8-18-39(37)41)59-51(69)62(25-14-13-24-61)60-46(64)30-52/h4-10,15-20,31-33,35,42-44,54-55H,3,11-12,21-30,52H2,1-2H3,(H2,53,65)(H,56,68)(H,57,67)(H,58,66)(H,59,69)(H,60,64)/t33-,35-,42-,43-,44+/m0/s1. The van der Waals surface area contributed by atoms with Crippen LogP contribution in [-0.4, -0.2) is 118 Å². The molecular formula is C51H63N11O7. The lowest BCUT2D eigenvalue weighted by atomic mass is 9.89. The molecule has 1 aliphatic heterocycles. The normalized spacial score (nSPS) is 21.2. The van der Waals surface area contributed by atoms with Crippen molar-refractivity contribution in [2.45, 2.75) is 89.4 Å². The number of urea groups is 1. The highest BCUT2D eigenvalue weighted by molar-refractivity contribution is 5.97. The van der Waals surface area contributed by atoms with Crippen LogP contribution in [0, 0.1) is 17.8 Å². The van der Waals surface area contributed by atoms with Crippen LogP contribution in [0.15, 0.2) is 91.3 Å². The van der Waals surface area contributed by atoms with E-state index < -0.39 is 78.0 Å². The van der Waals surface area contributed by atoms with Crippen molar-refractivity contribution in [1.29, 1.82) is 0 Å². The molecule has 2 aromatic heterocycles. The predicted octanol–water partition coefficient (Wildman–Crippen LogP) is 2.48. The Labute approximate surface area is 401 Å². The number of Topliss-reactive ketones (excluding diaryl/α,β-unsaturated/α-hetero) is 1. The second kappa shape index (κ2) is 25.0. The van der Waals surface area contributed by atoms with Gasteiger partial charge in [-0.25, -0.2) is 9.80 Å². The summed E-state index contributed by atoms with van der Waals surface area (Å²) < 4.78 is 0. The number of carbonyl (C=O) groups is 7. The van der Waals surface area contributed by atoms with E-state index in [1.807, 2.05) is 85.8 Å². The number of hydrazine groups is 1. The number of amides is 7. The zero-order chi connectivity index (χ0) is 49.3. The lowest BCUT2D eigenvalue weighted by Gasteiger charge is -2.27. The van der Waals surface area contributed by atoms with Gasteiger partial charge in [0.15, 0.2) is 5.78 Å². The molecule has 5 aromatic rings. The predicted molar refractivity (Wildman–Crippen MR) is 263 cm³/mol. The summed E-state index contributed by atoms with van der Waals surface area (Å²) in [6, 6.07) is 18.6.